The van der Waals surface area contributed by atoms with E-state index < -0.39 is 10.0 Å². The number of benzene rings is 1. The Morgan fingerprint density at radius 1 is 1.26 bits per heavy atom. The molecule has 2 aliphatic rings. The standard InChI is InChI=1S/C16H21N3O3S/c1-12(2)19-7-8-22-16-11-18(10-15(16)19)23(20,21)14-5-3-13(9-17)4-6-14/h3-6,12,15-16H,7-8,10-11H2,1-2H3/t15-,16+/m0/s1. The summed E-state index contributed by atoms with van der Waals surface area (Å²) in [5.41, 5.74) is 0.452. The van der Waals surface area contributed by atoms with Crippen molar-refractivity contribution < 1.29 is 13.2 Å². The fraction of sp³-hybridized carbons (Fsp3) is 0.562. The smallest absolute Gasteiger partial charge is 0.243 e. The van der Waals surface area contributed by atoms with Crippen LogP contribution in [0.1, 0.15) is 19.4 Å². The first-order valence-corrected chi connectivity index (χ1v) is 9.25. The number of nitrogens with zero attached hydrogens (tertiary/aromatic N) is 3. The normalized spacial score (nSPS) is 26.2. The topological polar surface area (TPSA) is 73.6 Å². The first kappa shape index (κ1) is 16.4. The minimum atomic E-state index is -3.55. The molecular formula is C16H21N3O3S. The molecule has 7 heteroatoms. The minimum Gasteiger partial charge on any atom is -0.374 e. The quantitative estimate of drug-likeness (QED) is 0.825. The summed E-state index contributed by atoms with van der Waals surface area (Å²) in [6, 6.07) is 8.54. The molecule has 2 saturated heterocycles. The second-order valence-electron chi connectivity index (χ2n) is 6.27. The molecule has 0 N–H and O–H groups in total. The summed E-state index contributed by atoms with van der Waals surface area (Å²) in [4.78, 5) is 2.55. The Kier molecular flexibility index (Phi) is 4.43. The van der Waals surface area contributed by atoms with E-state index in [0.717, 1.165) is 6.54 Å². The third-order valence-electron chi connectivity index (χ3n) is 4.60. The van der Waals surface area contributed by atoms with Crippen LogP contribution in [0.4, 0.5) is 0 Å². The lowest BCUT2D eigenvalue weighted by atomic mass is 10.1. The summed E-state index contributed by atoms with van der Waals surface area (Å²) < 4.78 is 32.9. The van der Waals surface area contributed by atoms with Crippen LogP contribution in [0, 0.1) is 11.3 Å². The van der Waals surface area contributed by atoms with Crippen molar-refractivity contribution in [1.29, 1.82) is 5.26 Å². The Labute approximate surface area is 137 Å². The molecule has 2 heterocycles. The Morgan fingerprint density at radius 3 is 2.57 bits per heavy atom. The zero-order valence-corrected chi connectivity index (χ0v) is 14.2. The lowest BCUT2D eigenvalue weighted by Gasteiger charge is -2.39. The number of rotatable bonds is 3. The summed E-state index contributed by atoms with van der Waals surface area (Å²) in [6.07, 6.45) is -0.0701. The molecule has 0 unspecified atom stereocenters. The van der Waals surface area contributed by atoms with E-state index in [1.165, 1.54) is 28.6 Å². The van der Waals surface area contributed by atoms with Crippen molar-refractivity contribution in [2.75, 3.05) is 26.2 Å². The summed E-state index contributed by atoms with van der Waals surface area (Å²) >= 11 is 0. The third-order valence-corrected chi connectivity index (χ3v) is 6.44. The van der Waals surface area contributed by atoms with Crippen molar-refractivity contribution in [2.24, 2.45) is 0 Å². The fourth-order valence-electron chi connectivity index (χ4n) is 3.37. The highest BCUT2D eigenvalue weighted by Crippen LogP contribution is 2.29. The van der Waals surface area contributed by atoms with E-state index in [0.29, 0.717) is 31.3 Å². The van der Waals surface area contributed by atoms with Crippen LogP contribution in [0.2, 0.25) is 0 Å². The summed E-state index contributed by atoms with van der Waals surface area (Å²) in [6.45, 7) is 6.56. The van der Waals surface area contributed by atoms with Crippen LogP contribution < -0.4 is 0 Å². The number of sulfonamides is 1. The molecule has 2 fully saturated rings. The van der Waals surface area contributed by atoms with Gasteiger partial charge >= 0.3 is 0 Å². The highest BCUT2D eigenvalue weighted by Gasteiger charge is 2.45. The average Bonchev–Trinajstić information content (AvgIpc) is 2.99. The van der Waals surface area contributed by atoms with Crippen LogP contribution in [0.5, 0.6) is 0 Å². The van der Waals surface area contributed by atoms with Gasteiger partial charge in [0.15, 0.2) is 0 Å². The number of nitriles is 1. The highest BCUT2D eigenvalue weighted by molar-refractivity contribution is 7.89. The van der Waals surface area contributed by atoms with Crippen LogP contribution in [-0.4, -0.2) is 62.1 Å². The van der Waals surface area contributed by atoms with Crippen LogP contribution in [-0.2, 0) is 14.8 Å². The molecule has 0 aromatic heterocycles. The van der Waals surface area contributed by atoms with E-state index in [9.17, 15) is 8.42 Å². The minimum absolute atomic E-state index is 0.0701. The van der Waals surface area contributed by atoms with E-state index in [-0.39, 0.29) is 17.0 Å². The maximum Gasteiger partial charge on any atom is 0.243 e. The summed E-state index contributed by atoms with van der Waals surface area (Å²) in [5, 5.41) is 8.83. The molecule has 0 bridgehead atoms. The molecule has 1 aromatic rings. The van der Waals surface area contributed by atoms with Crippen molar-refractivity contribution in [3.8, 4) is 6.07 Å². The molecule has 1 aromatic carbocycles. The van der Waals surface area contributed by atoms with Gasteiger partial charge in [-0.2, -0.15) is 9.57 Å². The number of morpholine rings is 1. The largest absolute Gasteiger partial charge is 0.374 e. The van der Waals surface area contributed by atoms with Crippen LogP contribution in [0.25, 0.3) is 0 Å². The predicted molar refractivity (Wildman–Crippen MR) is 85.3 cm³/mol. The Balaban J connectivity index is 1.83. The van der Waals surface area contributed by atoms with E-state index >= 15 is 0 Å². The molecule has 6 nitrogen and oxygen atoms in total. The molecule has 0 amide bonds. The molecule has 2 atom stereocenters. The van der Waals surface area contributed by atoms with Gasteiger partial charge < -0.3 is 4.74 Å². The zero-order chi connectivity index (χ0) is 16.6. The van der Waals surface area contributed by atoms with E-state index in [2.05, 4.69) is 18.7 Å². The van der Waals surface area contributed by atoms with E-state index in [1.54, 1.807) is 0 Å². The molecule has 3 rings (SSSR count). The first-order valence-electron chi connectivity index (χ1n) is 7.81. The van der Waals surface area contributed by atoms with Gasteiger partial charge in [-0.05, 0) is 38.1 Å². The van der Waals surface area contributed by atoms with E-state index in [4.69, 9.17) is 10.00 Å². The fourth-order valence-corrected chi connectivity index (χ4v) is 4.84. The van der Waals surface area contributed by atoms with Gasteiger partial charge in [-0.25, -0.2) is 8.42 Å². The summed E-state index contributed by atoms with van der Waals surface area (Å²) in [5.74, 6) is 0. The van der Waals surface area contributed by atoms with Gasteiger partial charge in [-0.1, -0.05) is 0 Å². The Bertz CT molecular complexity index is 709. The number of hydrogen-bond donors (Lipinski definition) is 0. The van der Waals surface area contributed by atoms with Crippen LogP contribution in [0.3, 0.4) is 0 Å². The molecule has 0 radical (unpaired) electrons. The molecule has 124 valence electrons. The van der Waals surface area contributed by atoms with E-state index in [1.807, 2.05) is 6.07 Å². The number of hydrogen-bond acceptors (Lipinski definition) is 5. The monoisotopic (exact) mass is 335 g/mol. The SMILES string of the molecule is CC(C)N1CCO[C@@H]2CN(S(=O)(=O)c3ccc(C#N)cc3)C[C@@H]21. The van der Waals surface area contributed by atoms with Crippen molar-refractivity contribution in [3.63, 3.8) is 0 Å². The van der Waals surface area contributed by atoms with Crippen LogP contribution >= 0.6 is 0 Å². The Morgan fingerprint density at radius 2 is 1.96 bits per heavy atom. The Hall–Kier alpha value is -1.46. The number of fused-ring (bicyclic) bond motifs is 1. The zero-order valence-electron chi connectivity index (χ0n) is 13.3. The molecule has 0 spiro atoms. The van der Waals surface area contributed by atoms with Crippen molar-refractivity contribution in [3.05, 3.63) is 29.8 Å². The van der Waals surface area contributed by atoms with Gasteiger partial charge in [0.1, 0.15) is 0 Å². The van der Waals surface area contributed by atoms with Gasteiger partial charge in [0.25, 0.3) is 0 Å². The van der Waals surface area contributed by atoms with Gasteiger partial charge in [0.05, 0.1) is 35.3 Å². The predicted octanol–water partition coefficient (Wildman–Crippen LogP) is 1.04. The van der Waals surface area contributed by atoms with Gasteiger partial charge in [-0.15, -0.1) is 0 Å². The molecular weight excluding hydrogens is 314 g/mol. The second kappa shape index (κ2) is 6.21. The maximum absolute atomic E-state index is 12.8. The van der Waals surface area contributed by atoms with Crippen molar-refractivity contribution in [2.45, 2.75) is 36.9 Å². The molecule has 0 saturated carbocycles. The molecule has 23 heavy (non-hydrogen) atoms. The molecule has 2 aliphatic heterocycles. The number of ether oxygens (including phenoxy) is 1. The molecule has 0 aliphatic carbocycles. The first-order chi connectivity index (χ1) is 10.9. The lowest BCUT2D eigenvalue weighted by molar-refractivity contribution is -0.0582. The third kappa shape index (κ3) is 3.00. The van der Waals surface area contributed by atoms with Gasteiger partial charge in [-0.3, -0.25) is 4.90 Å². The van der Waals surface area contributed by atoms with Gasteiger partial charge in [0.2, 0.25) is 10.0 Å². The van der Waals surface area contributed by atoms with Crippen molar-refractivity contribution in [1.82, 2.24) is 9.21 Å². The maximum atomic E-state index is 12.8. The van der Waals surface area contributed by atoms with Crippen LogP contribution in [0.15, 0.2) is 29.2 Å². The van der Waals surface area contributed by atoms with Crippen molar-refractivity contribution >= 4 is 10.0 Å². The van der Waals surface area contributed by atoms with Gasteiger partial charge in [0, 0.05) is 25.7 Å². The lowest BCUT2D eigenvalue weighted by Crippen LogP contribution is -2.53. The average molecular weight is 335 g/mol. The summed E-state index contributed by atoms with van der Waals surface area (Å²) in [7, 11) is -3.55. The second-order valence-corrected chi connectivity index (χ2v) is 8.20. The highest BCUT2D eigenvalue weighted by atomic mass is 32.2.